The molecule has 2 aromatic rings. The van der Waals surface area contributed by atoms with Crippen molar-refractivity contribution in [3.05, 3.63) is 51.3 Å². The minimum atomic E-state index is 0.277. The largest absolute Gasteiger partial charge is 0.316 e. The molecular formula is C16H21Cl2N3. The van der Waals surface area contributed by atoms with Crippen LogP contribution in [0.1, 0.15) is 29.7 Å². The molecule has 0 aliphatic carbocycles. The van der Waals surface area contributed by atoms with Gasteiger partial charge in [-0.3, -0.25) is 4.68 Å². The second-order valence-corrected chi connectivity index (χ2v) is 5.97. The summed E-state index contributed by atoms with van der Waals surface area (Å²) in [6.45, 7) is 5.90. The van der Waals surface area contributed by atoms with Gasteiger partial charge in [0.25, 0.3) is 0 Å². The molecule has 21 heavy (non-hydrogen) atoms. The number of hydrogen-bond donors (Lipinski definition) is 1. The Hall–Kier alpha value is -1.03. The fraction of sp³-hybridized carbons (Fsp3) is 0.438. The van der Waals surface area contributed by atoms with E-state index in [4.69, 9.17) is 23.2 Å². The molecule has 114 valence electrons. The number of likely N-dealkylation sites (N-methyl/N-ethyl adjacent to an activating group) is 1. The van der Waals surface area contributed by atoms with Crippen LogP contribution in [0, 0.1) is 6.92 Å². The summed E-state index contributed by atoms with van der Waals surface area (Å²) in [6.07, 6.45) is 0.829. The number of benzene rings is 1. The molecule has 0 saturated heterocycles. The molecule has 0 bridgehead atoms. The highest BCUT2D eigenvalue weighted by atomic mass is 35.5. The number of halogens is 2. The number of aryl methyl sites for hydroxylation is 2. The summed E-state index contributed by atoms with van der Waals surface area (Å²) in [4.78, 5) is 0. The van der Waals surface area contributed by atoms with E-state index in [1.807, 2.05) is 32.2 Å². The average molecular weight is 326 g/mol. The molecule has 1 N–H and O–H groups in total. The second-order valence-electron chi connectivity index (χ2n) is 5.21. The van der Waals surface area contributed by atoms with Crippen LogP contribution in [0.2, 0.25) is 10.2 Å². The molecule has 0 amide bonds. The highest BCUT2D eigenvalue weighted by Crippen LogP contribution is 2.30. The Morgan fingerprint density at radius 2 is 2.00 bits per heavy atom. The lowest BCUT2D eigenvalue weighted by Crippen LogP contribution is -2.23. The summed E-state index contributed by atoms with van der Waals surface area (Å²) in [6, 6.07) is 8.01. The molecule has 1 heterocycles. The van der Waals surface area contributed by atoms with E-state index in [2.05, 4.69) is 23.4 Å². The van der Waals surface area contributed by atoms with Gasteiger partial charge in [-0.1, -0.05) is 48.3 Å². The van der Waals surface area contributed by atoms with Gasteiger partial charge in [-0.15, -0.1) is 0 Å². The lowest BCUT2D eigenvalue weighted by Gasteiger charge is -2.19. The number of nitrogens with zero attached hydrogens (tertiary/aromatic N) is 2. The van der Waals surface area contributed by atoms with Crippen LogP contribution in [0.25, 0.3) is 0 Å². The topological polar surface area (TPSA) is 29.9 Å². The fourth-order valence-corrected chi connectivity index (χ4v) is 3.11. The Morgan fingerprint density at radius 1 is 1.29 bits per heavy atom. The van der Waals surface area contributed by atoms with E-state index in [-0.39, 0.29) is 5.92 Å². The molecule has 0 fully saturated rings. The summed E-state index contributed by atoms with van der Waals surface area (Å²) in [5, 5.41) is 9.32. The van der Waals surface area contributed by atoms with Crippen molar-refractivity contribution < 1.29 is 0 Å². The maximum Gasteiger partial charge on any atom is 0.130 e. The third-order valence-corrected chi connectivity index (χ3v) is 4.52. The van der Waals surface area contributed by atoms with E-state index < -0.39 is 0 Å². The van der Waals surface area contributed by atoms with Gasteiger partial charge in [0, 0.05) is 30.1 Å². The molecule has 2 rings (SSSR count). The first-order valence-electron chi connectivity index (χ1n) is 7.17. The number of aromatic nitrogens is 2. The van der Waals surface area contributed by atoms with Crippen LogP contribution in [0.3, 0.4) is 0 Å². The minimum Gasteiger partial charge on any atom is -0.316 e. The smallest absolute Gasteiger partial charge is 0.130 e. The van der Waals surface area contributed by atoms with Crippen LogP contribution in [-0.2, 0) is 13.5 Å². The number of nitrogens with one attached hydrogen (secondary N) is 1. The molecular weight excluding hydrogens is 305 g/mol. The van der Waals surface area contributed by atoms with Crippen LogP contribution in [0.4, 0.5) is 0 Å². The third-order valence-electron chi connectivity index (χ3n) is 3.71. The minimum absolute atomic E-state index is 0.277. The van der Waals surface area contributed by atoms with E-state index >= 15 is 0 Å². The monoisotopic (exact) mass is 325 g/mol. The van der Waals surface area contributed by atoms with Gasteiger partial charge in [0.05, 0.1) is 5.69 Å². The van der Waals surface area contributed by atoms with Crippen molar-refractivity contribution in [1.82, 2.24) is 15.1 Å². The van der Waals surface area contributed by atoms with E-state index in [1.165, 1.54) is 0 Å². The van der Waals surface area contributed by atoms with Gasteiger partial charge >= 0.3 is 0 Å². The number of rotatable bonds is 6. The normalized spacial score (nSPS) is 12.6. The summed E-state index contributed by atoms with van der Waals surface area (Å²) in [7, 11) is 1.87. The Balaban J connectivity index is 2.31. The Labute approximate surface area is 136 Å². The van der Waals surface area contributed by atoms with Crippen molar-refractivity contribution in [2.75, 3.05) is 13.1 Å². The average Bonchev–Trinajstić information content (AvgIpc) is 2.70. The van der Waals surface area contributed by atoms with Crippen molar-refractivity contribution in [1.29, 1.82) is 0 Å². The van der Waals surface area contributed by atoms with Crippen LogP contribution in [0.5, 0.6) is 0 Å². The summed E-state index contributed by atoms with van der Waals surface area (Å²) < 4.78 is 1.73. The summed E-state index contributed by atoms with van der Waals surface area (Å²) >= 11 is 12.7. The molecule has 1 atom stereocenters. The highest BCUT2D eigenvalue weighted by Gasteiger charge is 2.20. The van der Waals surface area contributed by atoms with Crippen LogP contribution in [0.15, 0.2) is 24.3 Å². The number of hydrogen-bond acceptors (Lipinski definition) is 2. The zero-order valence-electron chi connectivity index (χ0n) is 12.7. The molecule has 1 unspecified atom stereocenters. The SMILES string of the molecule is CCNCC(Cc1c(C)nn(C)c1Cl)c1ccccc1Cl. The lowest BCUT2D eigenvalue weighted by molar-refractivity contribution is 0.594. The van der Waals surface area contributed by atoms with Gasteiger partial charge in [0.15, 0.2) is 0 Å². The molecule has 0 aliphatic rings. The van der Waals surface area contributed by atoms with Crippen molar-refractivity contribution in [3.63, 3.8) is 0 Å². The van der Waals surface area contributed by atoms with Gasteiger partial charge in [0.2, 0.25) is 0 Å². The van der Waals surface area contributed by atoms with E-state index in [0.717, 1.165) is 41.4 Å². The molecule has 5 heteroatoms. The predicted molar refractivity (Wildman–Crippen MR) is 89.4 cm³/mol. The molecule has 0 radical (unpaired) electrons. The van der Waals surface area contributed by atoms with Crippen LogP contribution >= 0.6 is 23.2 Å². The van der Waals surface area contributed by atoms with Gasteiger partial charge in [0.1, 0.15) is 5.15 Å². The van der Waals surface area contributed by atoms with E-state index in [9.17, 15) is 0 Å². The molecule has 1 aromatic heterocycles. The first kappa shape index (κ1) is 16.3. The third kappa shape index (κ3) is 3.79. The molecule has 1 aromatic carbocycles. The Kier molecular flexibility index (Phi) is 5.68. The molecule has 0 saturated carbocycles. The van der Waals surface area contributed by atoms with Gasteiger partial charge in [-0.2, -0.15) is 5.10 Å². The molecule has 0 aliphatic heterocycles. The predicted octanol–water partition coefficient (Wildman–Crippen LogP) is 3.97. The Morgan fingerprint density at radius 3 is 2.57 bits per heavy atom. The first-order valence-corrected chi connectivity index (χ1v) is 7.93. The standard InChI is InChI=1S/C16H21Cl2N3/c1-4-19-10-12(13-7-5-6-8-15(13)17)9-14-11(2)20-21(3)16(14)18/h5-8,12,19H,4,9-10H2,1-3H3. The zero-order valence-corrected chi connectivity index (χ0v) is 14.2. The maximum atomic E-state index is 6.37. The summed E-state index contributed by atoms with van der Waals surface area (Å²) in [5.74, 6) is 0.277. The van der Waals surface area contributed by atoms with Crippen molar-refractivity contribution >= 4 is 23.2 Å². The lowest BCUT2D eigenvalue weighted by atomic mass is 9.92. The van der Waals surface area contributed by atoms with Crippen molar-refractivity contribution in [3.8, 4) is 0 Å². The van der Waals surface area contributed by atoms with Crippen LogP contribution in [-0.4, -0.2) is 22.9 Å². The zero-order chi connectivity index (χ0) is 15.4. The van der Waals surface area contributed by atoms with Gasteiger partial charge in [-0.05, 0) is 31.5 Å². The van der Waals surface area contributed by atoms with Gasteiger partial charge in [-0.25, -0.2) is 0 Å². The maximum absolute atomic E-state index is 6.37. The van der Waals surface area contributed by atoms with E-state index in [0.29, 0.717) is 5.15 Å². The highest BCUT2D eigenvalue weighted by molar-refractivity contribution is 6.31. The van der Waals surface area contributed by atoms with Crippen LogP contribution < -0.4 is 5.32 Å². The molecule has 0 spiro atoms. The second kappa shape index (κ2) is 7.30. The Bertz CT molecular complexity index is 608. The fourth-order valence-electron chi connectivity index (χ4n) is 2.57. The van der Waals surface area contributed by atoms with Crippen molar-refractivity contribution in [2.45, 2.75) is 26.2 Å². The van der Waals surface area contributed by atoms with Crippen molar-refractivity contribution in [2.24, 2.45) is 7.05 Å². The summed E-state index contributed by atoms with van der Waals surface area (Å²) in [5.41, 5.74) is 3.23. The quantitative estimate of drug-likeness (QED) is 0.870. The first-order chi connectivity index (χ1) is 10.0. The van der Waals surface area contributed by atoms with Gasteiger partial charge < -0.3 is 5.32 Å². The van der Waals surface area contributed by atoms with E-state index in [1.54, 1.807) is 4.68 Å². The molecule has 3 nitrogen and oxygen atoms in total.